The molecule has 8 aromatic rings. The molecular weight excluding hydrogens is 567 g/mol. The van der Waals surface area contributed by atoms with Gasteiger partial charge >= 0.3 is 0 Å². The molecule has 222 valence electrons. The van der Waals surface area contributed by atoms with Crippen LogP contribution in [0.3, 0.4) is 0 Å². The van der Waals surface area contributed by atoms with Gasteiger partial charge in [0.1, 0.15) is 0 Å². The summed E-state index contributed by atoms with van der Waals surface area (Å²) in [5, 5.41) is 2.51. The maximum atomic E-state index is 2.45. The molecule has 0 saturated heterocycles. The molecule has 1 nitrogen and oxygen atoms in total. The van der Waals surface area contributed by atoms with Crippen LogP contribution in [0.4, 0.5) is 17.1 Å². The third-order valence-corrected chi connectivity index (χ3v) is 8.88. The molecule has 0 heterocycles. The van der Waals surface area contributed by atoms with Gasteiger partial charge in [-0.2, -0.15) is 0 Å². The van der Waals surface area contributed by atoms with Gasteiger partial charge in [0.2, 0.25) is 0 Å². The Balaban J connectivity index is 1.37. The molecule has 0 saturated carbocycles. The van der Waals surface area contributed by atoms with Crippen molar-refractivity contribution in [3.05, 3.63) is 200 Å². The quantitative estimate of drug-likeness (QED) is 0.176. The van der Waals surface area contributed by atoms with Gasteiger partial charge in [0, 0.05) is 16.7 Å². The Kier molecular flexibility index (Phi) is 7.63. The molecule has 47 heavy (non-hydrogen) atoms. The second-order valence-corrected chi connectivity index (χ2v) is 11.7. The number of para-hydroxylation sites is 3. The third-order valence-electron chi connectivity index (χ3n) is 8.88. The summed E-state index contributed by atoms with van der Waals surface area (Å²) in [5.74, 6) is 0. The van der Waals surface area contributed by atoms with E-state index in [9.17, 15) is 0 Å². The molecule has 0 aliphatic carbocycles. The lowest BCUT2D eigenvalue weighted by Gasteiger charge is -2.31. The smallest absolute Gasteiger partial charge is 0.0540 e. The van der Waals surface area contributed by atoms with E-state index in [0.717, 1.165) is 17.1 Å². The molecule has 0 fully saturated rings. The fraction of sp³-hybridized carbons (Fsp3) is 0. The molecule has 0 unspecified atom stereocenters. The van der Waals surface area contributed by atoms with Gasteiger partial charge in [-0.3, -0.25) is 0 Å². The van der Waals surface area contributed by atoms with E-state index in [2.05, 4.69) is 205 Å². The lowest BCUT2D eigenvalue weighted by atomic mass is 9.93. The first-order valence-electron chi connectivity index (χ1n) is 16.1. The topological polar surface area (TPSA) is 3.24 Å². The largest absolute Gasteiger partial charge is 0.309 e. The lowest BCUT2D eigenvalue weighted by Crippen LogP contribution is -2.13. The molecule has 0 amide bonds. The van der Waals surface area contributed by atoms with Crippen molar-refractivity contribution < 1.29 is 0 Å². The van der Waals surface area contributed by atoms with E-state index in [1.165, 1.54) is 55.3 Å². The zero-order chi connectivity index (χ0) is 31.4. The summed E-state index contributed by atoms with van der Waals surface area (Å²) in [6, 6.07) is 71.8. The average Bonchev–Trinajstić information content (AvgIpc) is 3.16. The van der Waals surface area contributed by atoms with Gasteiger partial charge in [-0.25, -0.2) is 0 Å². The van der Waals surface area contributed by atoms with Gasteiger partial charge in [0.05, 0.1) is 17.1 Å². The molecule has 0 N–H and O–H groups in total. The first kappa shape index (κ1) is 28.3. The minimum absolute atomic E-state index is 1.12. The zero-order valence-electron chi connectivity index (χ0n) is 26.0. The third kappa shape index (κ3) is 5.49. The van der Waals surface area contributed by atoms with Gasteiger partial charge in [-0.05, 0) is 62.9 Å². The van der Waals surface area contributed by atoms with Crippen LogP contribution < -0.4 is 4.90 Å². The van der Waals surface area contributed by atoms with E-state index < -0.39 is 0 Å². The Bertz CT molecular complexity index is 2210. The summed E-state index contributed by atoms with van der Waals surface area (Å²) in [7, 11) is 0. The van der Waals surface area contributed by atoms with Crippen LogP contribution in [0.2, 0.25) is 0 Å². The second kappa shape index (κ2) is 12.7. The molecule has 0 aliphatic rings. The van der Waals surface area contributed by atoms with E-state index in [4.69, 9.17) is 0 Å². The second-order valence-electron chi connectivity index (χ2n) is 11.7. The van der Waals surface area contributed by atoms with Crippen LogP contribution in [0.15, 0.2) is 200 Å². The maximum Gasteiger partial charge on any atom is 0.0540 e. The Morgan fingerprint density at radius 3 is 1.19 bits per heavy atom. The molecule has 0 radical (unpaired) electrons. The van der Waals surface area contributed by atoms with Crippen molar-refractivity contribution in [2.24, 2.45) is 0 Å². The fourth-order valence-electron chi connectivity index (χ4n) is 6.69. The molecule has 0 bridgehead atoms. The monoisotopic (exact) mass is 599 g/mol. The molecule has 0 atom stereocenters. The standard InChI is InChI=1S/C46H33N/c1-3-17-35(18-4-1)41-26-9-12-30-44(41)47(45-31-13-10-27-42(45)36-19-5-2-6-20-36)46-32-14-11-28-43(46)38-24-15-23-37(33-38)40-29-16-22-34-21-7-8-25-39(34)40/h1-33H. The summed E-state index contributed by atoms with van der Waals surface area (Å²) < 4.78 is 0. The SMILES string of the molecule is c1ccc(-c2ccccc2N(c2ccccc2-c2ccccc2)c2ccccc2-c2cccc(-c3cccc4ccccc34)c2)cc1. The molecule has 0 spiro atoms. The van der Waals surface area contributed by atoms with Gasteiger partial charge in [0.15, 0.2) is 0 Å². The number of benzene rings is 8. The number of nitrogens with zero attached hydrogens (tertiary/aromatic N) is 1. The Labute approximate surface area is 276 Å². The number of hydrogen-bond donors (Lipinski definition) is 0. The van der Waals surface area contributed by atoms with Crippen LogP contribution >= 0.6 is 0 Å². The van der Waals surface area contributed by atoms with Crippen molar-refractivity contribution in [3.63, 3.8) is 0 Å². The van der Waals surface area contributed by atoms with E-state index >= 15 is 0 Å². The van der Waals surface area contributed by atoms with Gasteiger partial charge < -0.3 is 4.90 Å². The summed E-state index contributed by atoms with van der Waals surface area (Å²) in [4.78, 5) is 2.45. The first-order chi connectivity index (χ1) is 23.3. The summed E-state index contributed by atoms with van der Waals surface area (Å²) in [6.45, 7) is 0. The van der Waals surface area contributed by atoms with Crippen molar-refractivity contribution in [3.8, 4) is 44.5 Å². The highest BCUT2D eigenvalue weighted by atomic mass is 15.1. The summed E-state index contributed by atoms with van der Waals surface area (Å²) >= 11 is 0. The summed E-state index contributed by atoms with van der Waals surface area (Å²) in [6.07, 6.45) is 0. The van der Waals surface area contributed by atoms with Crippen molar-refractivity contribution in [1.82, 2.24) is 0 Å². The van der Waals surface area contributed by atoms with E-state index in [1.807, 2.05) is 0 Å². The minimum Gasteiger partial charge on any atom is -0.309 e. The lowest BCUT2D eigenvalue weighted by molar-refractivity contribution is 1.28. The van der Waals surface area contributed by atoms with Gasteiger partial charge in [0.25, 0.3) is 0 Å². The number of rotatable bonds is 7. The van der Waals surface area contributed by atoms with Crippen LogP contribution in [-0.4, -0.2) is 0 Å². The highest BCUT2D eigenvalue weighted by Crippen LogP contribution is 2.47. The van der Waals surface area contributed by atoms with Crippen LogP contribution in [-0.2, 0) is 0 Å². The Hall–Kier alpha value is -6.18. The van der Waals surface area contributed by atoms with E-state index in [-0.39, 0.29) is 0 Å². The van der Waals surface area contributed by atoms with E-state index in [0.29, 0.717) is 0 Å². The van der Waals surface area contributed by atoms with Crippen molar-refractivity contribution >= 4 is 27.8 Å². The summed E-state index contributed by atoms with van der Waals surface area (Å²) in [5.41, 5.74) is 12.9. The number of anilines is 3. The first-order valence-corrected chi connectivity index (χ1v) is 16.1. The molecule has 8 aromatic carbocycles. The number of hydrogen-bond acceptors (Lipinski definition) is 1. The van der Waals surface area contributed by atoms with Crippen LogP contribution in [0, 0.1) is 0 Å². The molecular formula is C46H33N. The van der Waals surface area contributed by atoms with Crippen LogP contribution in [0.5, 0.6) is 0 Å². The van der Waals surface area contributed by atoms with Crippen molar-refractivity contribution in [2.45, 2.75) is 0 Å². The maximum absolute atomic E-state index is 2.45. The Morgan fingerprint density at radius 2 is 0.617 bits per heavy atom. The molecule has 0 aromatic heterocycles. The van der Waals surface area contributed by atoms with Gasteiger partial charge in [-0.15, -0.1) is 0 Å². The van der Waals surface area contributed by atoms with E-state index in [1.54, 1.807) is 0 Å². The van der Waals surface area contributed by atoms with Crippen molar-refractivity contribution in [2.75, 3.05) is 4.90 Å². The minimum atomic E-state index is 1.12. The zero-order valence-corrected chi connectivity index (χ0v) is 26.0. The highest BCUT2D eigenvalue weighted by Gasteiger charge is 2.23. The van der Waals surface area contributed by atoms with Crippen LogP contribution in [0.25, 0.3) is 55.3 Å². The van der Waals surface area contributed by atoms with Gasteiger partial charge in [-0.1, -0.05) is 176 Å². The molecule has 0 aliphatic heterocycles. The Morgan fingerprint density at radius 1 is 0.255 bits per heavy atom. The average molecular weight is 600 g/mol. The van der Waals surface area contributed by atoms with Crippen LogP contribution in [0.1, 0.15) is 0 Å². The molecule has 8 rings (SSSR count). The molecule has 1 heteroatoms. The van der Waals surface area contributed by atoms with Crippen molar-refractivity contribution in [1.29, 1.82) is 0 Å². The normalized spacial score (nSPS) is 11.0. The highest BCUT2D eigenvalue weighted by molar-refractivity contribution is 6.00. The fourth-order valence-corrected chi connectivity index (χ4v) is 6.69. The predicted molar refractivity (Wildman–Crippen MR) is 200 cm³/mol. The number of fused-ring (bicyclic) bond motifs is 1. The predicted octanol–water partition coefficient (Wildman–Crippen LogP) is 13.0.